The number of amides is 2. The molecule has 2 saturated heterocycles. The minimum atomic E-state index is -0.903. The van der Waals surface area contributed by atoms with Crippen molar-refractivity contribution in [3.63, 3.8) is 0 Å². The van der Waals surface area contributed by atoms with Gasteiger partial charge in [0.2, 0.25) is 11.8 Å². The summed E-state index contributed by atoms with van der Waals surface area (Å²) in [6, 6.07) is -1.25. The number of imide groups is 1. The summed E-state index contributed by atoms with van der Waals surface area (Å²) in [4.78, 5) is 35.8. The smallest absolute Gasteiger partial charge is 0.320 e. The Morgan fingerprint density at radius 3 is 2.72 bits per heavy atom. The van der Waals surface area contributed by atoms with Crippen LogP contribution in [0, 0.1) is 5.92 Å². The summed E-state index contributed by atoms with van der Waals surface area (Å²) in [5, 5.41) is 11.5. The molecule has 2 amide bonds. The van der Waals surface area contributed by atoms with E-state index in [-0.39, 0.29) is 18.2 Å². The summed E-state index contributed by atoms with van der Waals surface area (Å²) < 4.78 is 0. The number of carbonyl (C=O) groups excluding carboxylic acids is 2. The Morgan fingerprint density at radius 1 is 1.50 bits per heavy atom. The minimum absolute atomic E-state index is 0.0827. The van der Waals surface area contributed by atoms with Crippen LogP contribution in [0.3, 0.4) is 0 Å². The number of hydrogen-bond donors (Lipinski definition) is 2. The van der Waals surface area contributed by atoms with E-state index in [1.54, 1.807) is 4.90 Å². The normalized spacial score (nSPS) is 33.5. The number of nitrogens with one attached hydrogen (secondary N) is 1. The highest BCUT2D eigenvalue weighted by molar-refractivity contribution is 6.05. The van der Waals surface area contributed by atoms with Crippen molar-refractivity contribution in [3.05, 3.63) is 0 Å². The third-order valence-corrected chi connectivity index (χ3v) is 3.96. The number of carboxylic acids is 1. The fraction of sp³-hybridized carbons (Fsp3) is 0.750. The van der Waals surface area contributed by atoms with Crippen LogP contribution in [-0.2, 0) is 14.4 Å². The van der Waals surface area contributed by atoms with E-state index in [0.29, 0.717) is 18.9 Å². The van der Waals surface area contributed by atoms with Crippen molar-refractivity contribution in [2.45, 2.75) is 44.7 Å². The van der Waals surface area contributed by atoms with Gasteiger partial charge < -0.3 is 5.11 Å². The molecule has 0 saturated carbocycles. The van der Waals surface area contributed by atoms with Crippen molar-refractivity contribution in [2.24, 2.45) is 5.92 Å². The number of rotatable bonds is 3. The molecule has 3 atom stereocenters. The van der Waals surface area contributed by atoms with Gasteiger partial charge in [-0.15, -0.1) is 0 Å². The standard InChI is InChI=1S/C12H18N2O4/c1-2-7-3-4-14(9(5-7)12(17)18)8-6-10(15)13-11(8)16/h7-9H,2-6H2,1H3,(H,17,18)(H,13,15,16). The van der Waals surface area contributed by atoms with Gasteiger partial charge in [0.1, 0.15) is 6.04 Å². The molecule has 2 N–H and O–H groups in total. The van der Waals surface area contributed by atoms with Gasteiger partial charge in [0.05, 0.1) is 12.5 Å². The van der Waals surface area contributed by atoms with Crippen LogP contribution in [0.1, 0.15) is 32.6 Å². The lowest BCUT2D eigenvalue weighted by atomic mass is 9.87. The predicted molar refractivity (Wildman–Crippen MR) is 62.7 cm³/mol. The van der Waals surface area contributed by atoms with E-state index < -0.39 is 18.1 Å². The minimum Gasteiger partial charge on any atom is -0.480 e. The largest absolute Gasteiger partial charge is 0.480 e. The Balaban J connectivity index is 2.13. The monoisotopic (exact) mass is 254 g/mol. The zero-order valence-electron chi connectivity index (χ0n) is 10.4. The molecule has 2 aliphatic rings. The molecule has 0 aromatic rings. The quantitative estimate of drug-likeness (QED) is 0.691. The van der Waals surface area contributed by atoms with Gasteiger partial charge in [0.25, 0.3) is 0 Å². The fourth-order valence-electron chi connectivity index (χ4n) is 2.85. The molecule has 0 aromatic heterocycles. The summed E-state index contributed by atoms with van der Waals surface area (Å²) in [7, 11) is 0. The first-order valence-electron chi connectivity index (χ1n) is 6.35. The Hall–Kier alpha value is -1.43. The molecule has 6 nitrogen and oxygen atoms in total. The highest BCUT2D eigenvalue weighted by atomic mass is 16.4. The summed E-state index contributed by atoms with van der Waals surface area (Å²) in [6.45, 7) is 2.62. The number of carboxylic acid groups (broad SMARTS) is 1. The van der Waals surface area contributed by atoms with Crippen molar-refractivity contribution in [3.8, 4) is 0 Å². The van der Waals surface area contributed by atoms with Crippen LogP contribution < -0.4 is 5.32 Å². The second-order valence-corrected chi connectivity index (χ2v) is 5.02. The SMILES string of the molecule is CCC1CCN(C2CC(=O)NC2=O)C(C(=O)O)C1. The number of hydrogen-bond acceptors (Lipinski definition) is 4. The molecule has 3 unspecified atom stereocenters. The second kappa shape index (κ2) is 5.06. The number of piperidine rings is 1. The maximum atomic E-state index is 11.6. The van der Waals surface area contributed by atoms with E-state index in [1.807, 2.05) is 6.92 Å². The Morgan fingerprint density at radius 2 is 2.22 bits per heavy atom. The number of likely N-dealkylation sites (tertiary alicyclic amines) is 1. The molecule has 0 aromatic carbocycles. The summed E-state index contributed by atoms with van der Waals surface area (Å²) >= 11 is 0. The zero-order valence-corrected chi connectivity index (χ0v) is 10.4. The van der Waals surface area contributed by atoms with Gasteiger partial charge in [0.15, 0.2) is 0 Å². The summed E-state index contributed by atoms with van der Waals surface area (Å²) in [5.74, 6) is -1.18. The lowest BCUT2D eigenvalue weighted by Crippen LogP contribution is -2.54. The van der Waals surface area contributed by atoms with Crippen molar-refractivity contribution < 1.29 is 19.5 Å². The van der Waals surface area contributed by atoms with E-state index in [2.05, 4.69) is 5.32 Å². The van der Waals surface area contributed by atoms with Gasteiger partial charge in [-0.05, 0) is 18.8 Å². The molecule has 2 aliphatic heterocycles. The molecular weight excluding hydrogens is 236 g/mol. The molecule has 0 radical (unpaired) electrons. The van der Waals surface area contributed by atoms with E-state index >= 15 is 0 Å². The average Bonchev–Trinajstić information content (AvgIpc) is 2.67. The molecule has 0 spiro atoms. The first-order valence-corrected chi connectivity index (χ1v) is 6.35. The zero-order chi connectivity index (χ0) is 13.3. The molecule has 0 bridgehead atoms. The molecule has 0 aliphatic carbocycles. The molecule has 2 rings (SSSR count). The first kappa shape index (κ1) is 13.0. The predicted octanol–water partition coefficient (Wildman–Crippen LogP) is -0.0233. The van der Waals surface area contributed by atoms with Gasteiger partial charge in [-0.2, -0.15) is 0 Å². The highest BCUT2D eigenvalue weighted by Crippen LogP contribution is 2.29. The summed E-state index contributed by atoms with van der Waals surface area (Å²) in [6.07, 6.45) is 2.48. The molecule has 100 valence electrons. The topological polar surface area (TPSA) is 86.7 Å². The molecule has 2 fully saturated rings. The lowest BCUT2D eigenvalue weighted by Gasteiger charge is -2.39. The summed E-state index contributed by atoms with van der Waals surface area (Å²) in [5.41, 5.74) is 0. The molecule has 18 heavy (non-hydrogen) atoms. The van der Waals surface area contributed by atoms with Crippen molar-refractivity contribution in [1.29, 1.82) is 0 Å². The van der Waals surface area contributed by atoms with Crippen LogP contribution >= 0.6 is 0 Å². The van der Waals surface area contributed by atoms with Crippen LogP contribution in [0.25, 0.3) is 0 Å². The average molecular weight is 254 g/mol. The third-order valence-electron chi connectivity index (χ3n) is 3.96. The fourth-order valence-corrected chi connectivity index (χ4v) is 2.85. The van der Waals surface area contributed by atoms with E-state index in [0.717, 1.165) is 12.8 Å². The molecule has 6 heteroatoms. The van der Waals surface area contributed by atoms with E-state index in [9.17, 15) is 19.5 Å². The van der Waals surface area contributed by atoms with Crippen LogP contribution in [0.2, 0.25) is 0 Å². The maximum Gasteiger partial charge on any atom is 0.320 e. The van der Waals surface area contributed by atoms with Crippen molar-refractivity contribution in [2.75, 3.05) is 6.54 Å². The maximum absolute atomic E-state index is 11.6. The number of carbonyl (C=O) groups is 3. The Kier molecular flexibility index (Phi) is 3.65. The van der Waals surface area contributed by atoms with Crippen LogP contribution in [0.15, 0.2) is 0 Å². The van der Waals surface area contributed by atoms with E-state index in [1.165, 1.54) is 0 Å². The second-order valence-electron chi connectivity index (χ2n) is 5.02. The number of aliphatic carboxylic acids is 1. The lowest BCUT2D eigenvalue weighted by molar-refractivity contribution is -0.148. The van der Waals surface area contributed by atoms with Crippen LogP contribution in [0.4, 0.5) is 0 Å². The molecular formula is C12H18N2O4. The highest BCUT2D eigenvalue weighted by Gasteiger charge is 2.43. The Labute approximate surface area is 105 Å². The third kappa shape index (κ3) is 2.38. The van der Waals surface area contributed by atoms with Gasteiger partial charge >= 0.3 is 5.97 Å². The van der Waals surface area contributed by atoms with Gasteiger partial charge in [-0.25, -0.2) is 0 Å². The Bertz CT molecular complexity index is 382. The van der Waals surface area contributed by atoms with Gasteiger partial charge in [-0.1, -0.05) is 13.3 Å². The molecule has 2 heterocycles. The van der Waals surface area contributed by atoms with Crippen molar-refractivity contribution in [1.82, 2.24) is 10.2 Å². The van der Waals surface area contributed by atoms with Crippen LogP contribution in [0.5, 0.6) is 0 Å². The number of nitrogens with zero attached hydrogens (tertiary/aromatic N) is 1. The van der Waals surface area contributed by atoms with Crippen LogP contribution in [-0.4, -0.2) is 46.4 Å². The van der Waals surface area contributed by atoms with Gasteiger partial charge in [-0.3, -0.25) is 24.6 Å². The van der Waals surface area contributed by atoms with Gasteiger partial charge in [0, 0.05) is 6.54 Å². The first-order chi connectivity index (χ1) is 8.52. The van der Waals surface area contributed by atoms with E-state index in [4.69, 9.17) is 0 Å². The van der Waals surface area contributed by atoms with Crippen molar-refractivity contribution >= 4 is 17.8 Å².